The van der Waals surface area contributed by atoms with E-state index in [1.54, 1.807) is 0 Å². The molecule has 0 saturated carbocycles. The van der Waals surface area contributed by atoms with Crippen LogP contribution >= 0.6 is 0 Å². The average molecular weight is 1140 g/mol. The van der Waals surface area contributed by atoms with Gasteiger partial charge in [0.05, 0.1) is 28.9 Å². The summed E-state index contributed by atoms with van der Waals surface area (Å²) in [7, 11) is 0. The van der Waals surface area contributed by atoms with Crippen LogP contribution in [-0.4, -0.2) is 19.5 Å². The Morgan fingerprint density at radius 1 is 0.568 bits per heavy atom. The Balaban J connectivity index is 0.000000216. The van der Waals surface area contributed by atoms with Crippen molar-refractivity contribution in [2.75, 3.05) is 0 Å². The molecule has 364 valence electrons. The molecular formula is C68H57IrN4O. The molecule has 0 unspecified atom stereocenters. The molecular weight excluding hydrogens is 1080 g/mol. The topological polar surface area (TPSA) is 56.7 Å². The minimum Gasteiger partial charge on any atom is -0.500 e. The summed E-state index contributed by atoms with van der Waals surface area (Å²) in [6.07, 6.45) is 3.22. The van der Waals surface area contributed by atoms with E-state index < -0.39 is 25.1 Å². The van der Waals surface area contributed by atoms with Gasteiger partial charge in [-0.1, -0.05) is 148 Å². The van der Waals surface area contributed by atoms with Gasteiger partial charge in [-0.2, -0.15) is 30.3 Å². The van der Waals surface area contributed by atoms with Crippen molar-refractivity contribution in [2.24, 2.45) is 0 Å². The molecule has 74 heavy (non-hydrogen) atoms. The van der Waals surface area contributed by atoms with Crippen LogP contribution < -0.4 is 0 Å². The van der Waals surface area contributed by atoms with Crippen LogP contribution in [-0.2, 0) is 20.1 Å². The van der Waals surface area contributed by atoms with Gasteiger partial charge in [-0.05, 0) is 113 Å². The molecule has 0 radical (unpaired) electrons. The molecule has 0 aliphatic rings. The summed E-state index contributed by atoms with van der Waals surface area (Å²) in [5, 5.41) is 5.42. The van der Waals surface area contributed by atoms with Crippen molar-refractivity contribution in [3.63, 3.8) is 0 Å². The molecule has 12 aromatic rings. The van der Waals surface area contributed by atoms with Gasteiger partial charge in [0, 0.05) is 36.4 Å². The van der Waals surface area contributed by atoms with E-state index in [9.17, 15) is 0 Å². The fraction of sp³-hybridized carbons (Fsp3) is 0.162. The van der Waals surface area contributed by atoms with E-state index in [1.807, 2.05) is 66.9 Å². The number of aromatic nitrogens is 4. The molecule has 0 fully saturated rings. The third-order valence-electron chi connectivity index (χ3n) is 13.9. The number of benzene rings is 8. The largest absolute Gasteiger partial charge is 3.00 e. The number of hydrogen-bond acceptors (Lipinski definition) is 4. The summed E-state index contributed by atoms with van der Waals surface area (Å²) in [5.74, 6) is 0.875. The maximum atomic E-state index is 7.84. The van der Waals surface area contributed by atoms with E-state index >= 15 is 0 Å². The Kier molecular flexibility index (Phi) is 11.9. The van der Waals surface area contributed by atoms with E-state index in [-0.39, 0.29) is 20.1 Å². The van der Waals surface area contributed by atoms with Gasteiger partial charge in [-0.3, -0.25) is 4.98 Å². The molecule has 0 amide bonds. The second kappa shape index (κ2) is 20.6. The summed E-state index contributed by atoms with van der Waals surface area (Å²) in [4.78, 5) is 13.1. The number of furan rings is 1. The number of nitrogens with zero attached hydrogens (tertiary/aromatic N) is 4. The average Bonchev–Trinajstić information content (AvgIpc) is 4.23. The first kappa shape index (κ1) is 42.7. The maximum Gasteiger partial charge on any atom is 3.00 e. The van der Waals surface area contributed by atoms with Crippen molar-refractivity contribution in [1.29, 1.82) is 0 Å². The summed E-state index contributed by atoms with van der Waals surface area (Å²) >= 11 is 0. The van der Waals surface area contributed by atoms with Crippen LogP contribution in [0, 0.1) is 52.7 Å². The Morgan fingerprint density at radius 2 is 1.27 bits per heavy atom. The Hall–Kier alpha value is -7.76. The first-order chi connectivity index (χ1) is 37.8. The van der Waals surface area contributed by atoms with Crippen molar-refractivity contribution >= 4 is 43.6 Å². The van der Waals surface area contributed by atoms with Crippen LogP contribution in [0.2, 0.25) is 0 Å². The molecule has 6 heteroatoms. The van der Waals surface area contributed by atoms with Crippen LogP contribution in [0.1, 0.15) is 87.0 Å². The quantitative estimate of drug-likeness (QED) is 0.142. The van der Waals surface area contributed by atoms with Gasteiger partial charge in [0.15, 0.2) is 0 Å². The predicted molar refractivity (Wildman–Crippen MR) is 303 cm³/mol. The van der Waals surface area contributed by atoms with Crippen LogP contribution in [0.3, 0.4) is 0 Å². The van der Waals surface area contributed by atoms with Gasteiger partial charge in [-0.25, -0.2) is 10.5 Å². The monoisotopic (exact) mass is 1140 g/mol. The summed E-state index contributed by atoms with van der Waals surface area (Å²) in [6.45, 7) is 9.96. The van der Waals surface area contributed by atoms with Gasteiger partial charge >= 0.3 is 20.1 Å². The molecule has 0 saturated heterocycles. The van der Waals surface area contributed by atoms with Crippen LogP contribution in [0.25, 0.3) is 105 Å². The minimum atomic E-state index is -2.72. The number of para-hydroxylation sites is 2. The van der Waals surface area contributed by atoms with Crippen LogP contribution in [0.5, 0.6) is 0 Å². The van der Waals surface area contributed by atoms with E-state index in [0.717, 1.165) is 99.6 Å². The zero-order valence-electron chi connectivity index (χ0n) is 48.4. The number of hydrogen-bond donors (Lipinski definition) is 0. The van der Waals surface area contributed by atoms with Gasteiger partial charge in [0.1, 0.15) is 5.58 Å². The third kappa shape index (κ3) is 9.19. The van der Waals surface area contributed by atoms with Crippen molar-refractivity contribution in [1.82, 2.24) is 19.5 Å². The van der Waals surface area contributed by atoms with Gasteiger partial charge in [0.25, 0.3) is 0 Å². The Morgan fingerprint density at radius 3 is 2.00 bits per heavy atom. The molecule has 8 aromatic carbocycles. The van der Waals surface area contributed by atoms with Crippen molar-refractivity contribution < 1.29 is 32.7 Å². The van der Waals surface area contributed by atoms with Gasteiger partial charge < -0.3 is 14.0 Å². The molecule has 0 aliphatic carbocycles. The fourth-order valence-electron chi connectivity index (χ4n) is 10.3. The van der Waals surface area contributed by atoms with E-state index in [4.69, 9.17) is 17.6 Å². The fourth-order valence-corrected chi connectivity index (χ4v) is 10.3. The predicted octanol–water partition coefficient (Wildman–Crippen LogP) is 18.1. The first-order valence-corrected chi connectivity index (χ1v) is 24.8. The smallest absolute Gasteiger partial charge is 0.500 e. The first-order valence-electron chi connectivity index (χ1n) is 27.8. The number of pyridine rings is 1. The molecule has 0 spiro atoms. The standard InChI is InChI=1S/C42H32N3O.C26H25N.Ir/c1-24-19-32(29-13-15-31(16-14-29)39-23-43-27(4)28(5)45-39)20-25(2)40(24)37-21-38(44-22-26(37)3)36-12-8-11-34-35-18-17-30-9-6-7-10-33(30)41(35)46-42(34)36;1-18(2)22-14-10-15-23(19(3)4)26(22)27-24-16-9-8-13-21(24)17-25(27)20-11-6-5-7-12-20;/h6-11,13-23H,1-5H3;5-11,13-16,18-19H,1-4H3;/q-1;-2;+3/i4D3,5D3;;. The molecule has 0 bridgehead atoms. The summed E-state index contributed by atoms with van der Waals surface area (Å²) in [6, 6.07) is 64.4. The maximum absolute atomic E-state index is 7.84. The van der Waals surface area contributed by atoms with E-state index in [1.165, 1.54) is 28.5 Å². The van der Waals surface area contributed by atoms with Gasteiger partial charge in [0.2, 0.25) is 0 Å². The van der Waals surface area contributed by atoms with Crippen LogP contribution in [0.15, 0.2) is 175 Å². The number of fused-ring (bicyclic) bond motifs is 6. The van der Waals surface area contributed by atoms with E-state index in [2.05, 4.69) is 178 Å². The zero-order valence-corrected chi connectivity index (χ0v) is 44.7. The number of rotatable bonds is 8. The normalized spacial score (nSPS) is 13.0. The molecule has 0 aliphatic heterocycles. The third-order valence-corrected chi connectivity index (χ3v) is 13.9. The number of aryl methyl sites for hydroxylation is 5. The second-order valence-corrected chi connectivity index (χ2v) is 19.5. The van der Waals surface area contributed by atoms with Crippen molar-refractivity contribution in [3.05, 3.63) is 228 Å². The Labute approximate surface area is 456 Å². The van der Waals surface area contributed by atoms with Crippen molar-refractivity contribution in [2.45, 2.75) is 74.0 Å². The van der Waals surface area contributed by atoms with Crippen molar-refractivity contribution in [3.8, 4) is 61.7 Å². The molecule has 0 atom stereocenters. The summed E-state index contributed by atoms with van der Waals surface area (Å²) in [5.41, 5.74) is 18.0. The van der Waals surface area contributed by atoms with Gasteiger partial charge in [-0.15, -0.1) is 47.5 Å². The minimum absolute atomic E-state index is 0. The van der Waals surface area contributed by atoms with E-state index in [0.29, 0.717) is 23.1 Å². The molecule has 4 heterocycles. The molecule has 0 N–H and O–H groups in total. The molecule has 5 nitrogen and oxygen atoms in total. The second-order valence-electron chi connectivity index (χ2n) is 19.5. The molecule has 4 aromatic heterocycles. The SMILES string of the molecule is CC(C)c1cccc(C(C)C)c1-n1c(-c2[c-]cccc2)[c-]c2ccccc21.[2H]C([2H])([2H])c1ncc(-c2ccc(-c3cc(C)c(-c4cc(-c5[c-]ccc6c5oc5c7ccccc7ccc65)ncc4C)c(C)c3)cc2)nc1C([2H])([2H])[2H].[Ir+3]. The zero-order chi connectivity index (χ0) is 55.5. The molecule has 12 rings (SSSR count). The Bertz CT molecular complexity index is 4220. The summed E-state index contributed by atoms with van der Waals surface area (Å²) < 4.78 is 55.6. The van der Waals surface area contributed by atoms with Crippen LogP contribution in [0.4, 0.5) is 0 Å².